The van der Waals surface area contributed by atoms with Crippen LogP contribution in [0.3, 0.4) is 0 Å². The number of rotatable bonds is 3. The molecule has 0 amide bonds. The lowest BCUT2D eigenvalue weighted by Crippen LogP contribution is -2.52. The summed E-state index contributed by atoms with van der Waals surface area (Å²) in [4.78, 5) is 0. The van der Waals surface area contributed by atoms with Gasteiger partial charge in [-0.2, -0.15) is 0 Å². The molecule has 0 saturated heterocycles. The molecule has 9 aromatic carbocycles. The molecule has 10 rings (SSSR count). The molecule has 0 unspecified atom stereocenters. The van der Waals surface area contributed by atoms with E-state index in [2.05, 4.69) is 220 Å². The average Bonchev–Trinajstić information content (AvgIpc) is 3.85. The third-order valence-electron chi connectivity index (χ3n) is 21.7. The summed E-state index contributed by atoms with van der Waals surface area (Å²) < 4.78 is 7.08. The molecule has 0 saturated carbocycles. The number of hydrogen-bond donors (Lipinski definition) is 0. The standard InChI is InChI=1S/C46H56B28O/c47-17-10(32(62)43(73)45-15(17)16-33(63)41(71)42(72)44(74)46(16)75-45)1-4-6(20(50)37(67)35(65)18(4)48)2(7-5(1)19(49)36(66)38(68)21(7)51)11-24(54)27(57)13(28(58)25(11)55)8-3-9-14(31(61)40(70)39(69)23(9)53)29(59)26(56)12(3)30(60)34(64)22(8)52/h47-74H2. The Hall–Kier alpha value is -4.36. The van der Waals surface area contributed by atoms with Crippen LogP contribution in [0.5, 0.6) is 0 Å². The lowest BCUT2D eigenvalue weighted by atomic mass is 9.55. The van der Waals surface area contributed by atoms with Gasteiger partial charge in [0.1, 0.15) is 231 Å². The first-order chi connectivity index (χ1) is 35.0. The van der Waals surface area contributed by atoms with Crippen LogP contribution < -0.4 is 153 Å². The van der Waals surface area contributed by atoms with Gasteiger partial charge in [0.25, 0.3) is 0 Å². The minimum absolute atomic E-state index is 1.03. The van der Waals surface area contributed by atoms with Crippen LogP contribution in [0.15, 0.2) is 4.42 Å². The molecule has 0 atom stereocenters. The highest BCUT2D eigenvalue weighted by molar-refractivity contribution is 6.78. The van der Waals surface area contributed by atoms with Gasteiger partial charge in [0.15, 0.2) is 0 Å². The normalized spacial score (nSPS) is 11.9. The van der Waals surface area contributed by atoms with Crippen LogP contribution in [0.1, 0.15) is 0 Å². The molecular formula is C46H56B28O. The van der Waals surface area contributed by atoms with Crippen LogP contribution in [0.2, 0.25) is 0 Å². The van der Waals surface area contributed by atoms with Crippen molar-refractivity contribution in [3.05, 3.63) is 0 Å². The van der Waals surface area contributed by atoms with Gasteiger partial charge in [-0.25, -0.2) is 0 Å². The van der Waals surface area contributed by atoms with Crippen LogP contribution in [-0.2, 0) is 0 Å². The zero-order valence-electron chi connectivity index (χ0n) is 51.4. The Morgan fingerprint density at radius 2 is 0.320 bits per heavy atom. The highest BCUT2D eigenvalue weighted by Crippen LogP contribution is 2.40. The zero-order chi connectivity index (χ0) is 55.3. The van der Waals surface area contributed by atoms with Crippen molar-refractivity contribution in [3.8, 4) is 33.4 Å². The highest BCUT2D eigenvalue weighted by atomic mass is 16.3. The molecule has 0 aliphatic heterocycles. The van der Waals surface area contributed by atoms with Gasteiger partial charge in [0.05, 0.1) is 0 Å². The summed E-state index contributed by atoms with van der Waals surface area (Å²) in [6.07, 6.45) is 0. The predicted molar refractivity (Wildman–Crippen MR) is 429 cm³/mol. The van der Waals surface area contributed by atoms with E-state index in [1.807, 2.05) is 0 Å². The Labute approximate surface area is 472 Å². The number of hydrogen-bond acceptors (Lipinski definition) is 1. The fourth-order valence-corrected chi connectivity index (χ4v) is 15.1. The summed E-state index contributed by atoms with van der Waals surface area (Å²) in [6.45, 7) is 0. The zero-order valence-corrected chi connectivity index (χ0v) is 51.4. The van der Waals surface area contributed by atoms with Gasteiger partial charge in [-0.15, -0.1) is 43.7 Å². The lowest BCUT2D eigenvalue weighted by Gasteiger charge is -2.32. The number of furan rings is 1. The second kappa shape index (κ2) is 18.1. The van der Waals surface area contributed by atoms with Crippen molar-refractivity contribution >= 4 is 438 Å². The van der Waals surface area contributed by atoms with E-state index in [-0.39, 0.29) is 0 Å². The summed E-state index contributed by atoms with van der Waals surface area (Å²) in [5.41, 5.74) is 48.7. The molecule has 0 aliphatic carbocycles. The van der Waals surface area contributed by atoms with E-state index in [0.717, 1.165) is 11.2 Å². The molecule has 1 nitrogen and oxygen atoms in total. The summed E-state index contributed by atoms with van der Waals surface area (Å²) >= 11 is 0. The quantitative estimate of drug-likeness (QED) is 0.0978. The van der Waals surface area contributed by atoms with Gasteiger partial charge in [0.2, 0.25) is 0 Å². The fourth-order valence-electron chi connectivity index (χ4n) is 15.1. The third kappa shape index (κ3) is 6.85. The molecule has 75 heavy (non-hydrogen) atoms. The molecular weight excluding hydrogens is 871 g/mol. The molecule has 29 heteroatoms. The van der Waals surface area contributed by atoms with E-state index in [4.69, 9.17) is 4.42 Å². The number of fused-ring (bicyclic) bond motifs is 8. The Morgan fingerprint density at radius 3 is 0.693 bits per heavy atom. The van der Waals surface area contributed by atoms with Crippen LogP contribution in [0, 0.1) is 0 Å². The molecule has 0 fully saturated rings. The Kier molecular flexibility index (Phi) is 13.0. The van der Waals surface area contributed by atoms with Gasteiger partial charge in [-0.1, -0.05) is 109 Å². The van der Waals surface area contributed by atoms with E-state index < -0.39 is 0 Å². The van der Waals surface area contributed by atoms with Crippen LogP contribution in [-0.4, -0.2) is 220 Å². The van der Waals surface area contributed by atoms with E-state index in [9.17, 15) is 0 Å². The lowest BCUT2D eigenvalue weighted by molar-refractivity contribution is 0.675. The predicted octanol–water partition coefficient (Wildman–Crippen LogP) is -35.6. The summed E-state index contributed by atoms with van der Waals surface area (Å²) in [6, 6.07) is 0. The SMILES string of the molecule is Bc1c(B)c(-c2c(B)c(B)c(B)c3c(B)c(B)c4c(B)c(B)c(B)c(B)c4c23)c(B)c(B)c1-c1c2c(B)c(B)c(B)c(B)c2c(-c2c(B)c(B)c3oc4c(B)c(B)c(B)c(B)c4c3c2B)c2c(B)c(B)c(B)c(B)c12. The van der Waals surface area contributed by atoms with Crippen LogP contribution in [0.25, 0.3) is 98.4 Å². The smallest absolute Gasteiger partial charge is 0.143 e. The molecule has 0 spiro atoms. The van der Waals surface area contributed by atoms with E-state index in [1.54, 1.807) is 0 Å². The first-order valence-corrected chi connectivity index (χ1v) is 27.9. The van der Waals surface area contributed by atoms with Gasteiger partial charge >= 0.3 is 0 Å². The second-order valence-electron chi connectivity index (χ2n) is 24.3. The fraction of sp³-hybridized carbons (Fsp3) is 0. The Bertz CT molecular complexity index is 4330. The first kappa shape index (κ1) is 54.0. The molecule has 10 aromatic rings. The maximum absolute atomic E-state index is 7.08. The van der Waals surface area contributed by atoms with E-state index in [1.165, 1.54) is 240 Å². The van der Waals surface area contributed by atoms with Gasteiger partial charge in [-0.3, -0.25) is 0 Å². The van der Waals surface area contributed by atoms with Crippen molar-refractivity contribution in [2.24, 2.45) is 0 Å². The molecule has 0 aliphatic rings. The maximum Gasteiger partial charge on any atom is 0.143 e. The van der Waals surface area contributed by atoms with Crippen molar-refractivity contribution < 1.29 is 4.42 Å². The van der Waals surface area contributed by atoms with Crippen LogP contribution >= 0.6 is 0 Å². The first-order valence-electron chi connectivity index (χ1n) is 27.9. The van der Waals surface area contributed by atoms with Crippen molar-refractivity contribution in [3.63, 3.8) is 0 Å². The van der Waals surface area contributed by atoms with Crippen molar-refractivity contribution in [2.75, 3.05) is 0 Å². The Morgan fingerprint density at radius 1 is 0.120 bits per heavy atom. The summed E-state index contributed by atoms with van der Waals surface area (Å²) in [7, 11) is 66.5. The van der Waals surface area contributed by atoms with Crippen molar-refractivity contribution in [2.45, 2.75) is 0 Å². The van der Waals surface area contributed by atoms with Gasteiger partial charge in [-0.05, 0) is 76.5 Å². The van der Waals surface area contributed by atoms with Gasteiger partial charge in [0, 0.05) is 10.8 Å². The monoisotopic (exact) mass is 933 g/mol. The summed E-state index contributed by atoms with van der Waals surface area (Å²) in [5, 5.41) is 13.9. The molecule has 1 aromatic heterocycles. The van der Waals surface area contributed by atoms with E-state index in [0.29, 0.717) is 0 Å². The third-order valence-corrected chi connectivity index (χ3v) is 21.7. The summed E-state index contributed by atoms with van der Waals surface area (Å²) in [5.74, 6) is 0. The van der Waals surface area contributed by atoms with Gasteiger partial charge < -0.3 is 4.42 Å². The van der Waals surface area contributed by atoms with E-state index >= 15 is 0 Å². The molecule has 0 bridgehead atoms. The minimum atomic E-state index is 1.03. The van der Waals surface area contributed by atoms with Crippen LogP contribution in [0.4, 0.5) is 0 Å². The maximum atomic E-state index is 7.08. The molecule has 0 radical (unpaired) electrons. The van der Waals surface area contributed by atoms with Crippen molar-refractivity contribution in [1.29, 1.82) is 0 Å². The average molecular weight is 928 g/mol. The highest BCUT2D eigenvalue weighted by Gasteiger charge is 2.32. The number of benzene rings is 9. The van der Waals surface area contributed by atoms with Crippen molar-refractivity contribution in [1.82, 2.24) is 0 Å². The Balaban J connectivity index is 1.46. The second-order valence-corrected chi connectivity index (χ2v) is 24.3. The molecule has 330 valence electrons. The minimum Gasteiger partial charge on any atom is -0.457 e. The molecule has 0 N–H and O–H groups in total. The topological polar surface area (TPSA) is 13.1 Å². The largest absolute Gasteiger partial charge is 0.457 e. The molecule has 1 heterocycles.